The zero-order valence-electron chi connectivity index (χ0n) is 18.5. The van der Waals surface area contributed by atoms with Gasteiger partial charge in [0.2, 0.25) is 10.0 Å². The Labute approximate surface area is 198 Å². The molecule has 0 unspecified atom stereocenters. The van der Waals surface area contributed by atoms with E-state index in [-0.39, 0.29) is 29.7 Å². The minimum absolute atomic E-state index is 0. The molecule has 10 heteroatoms. The summed E-state index contributed by atoms with van der Waals surface area (Å²) in [6.07, 6.45) is 0.667. The van der Waals surface area contributed by atoms with Gasteiger partial charge in [0.05, 0.1) is 18.9 Å². The zero-order chi connectivity index (χ0) is 21.5. The van der Waals surface area contributed by atoms with Crippen LogP contribution < -0.4 is 20.1 Å². The van der Waals surface area contributed by atoms with Crippen molar-refractivity contribution in [2.24, 2.45) is 4.99 Å². The largest absolute Gasteiger partial charge is 0.491 e. The quantitative estimate of drug-likeness (QED) is 0.141. The van der Waals surface area contributed by atoms with Crippen LogP contribution in [0.3, 0.4) is 0 Å². The van der Waals surface area contributed by atoms with Crippen molar-refractivity contribution in [1.82, 2.24) is 15.4 Å². The SMILES string of the molecule is CCNC(=NCc1ccc(C)cc1OCCOCC)NCCCNS(=O)(=O)CC.I. The van der Waals surface area contributed by atoms with E-state index in [2.05, 4.69) is 20.3 Å². The molecule has 0 heterocycles. The number of nitrogens with zero attached hydrogens (tertiary/aromatic N) is 1. The lowest BCUT2D eigenvalue weighted by atomic mass is 10.1. The van der Waals surface area contributed by atoms with Crippen LogP contribution in [0.4, 0.5) is 0 Å². The van der Waals surface area contributed by atoms with E-state index in [1.54, 1.807) is 6.92 Å². The van der Waals surface area contributed by atoms with E-state index >= 15 is 0 Å². The van der Waals surface area contributed by atoms with Gasteiger partial charge in [-0.05, 0) is 45.7 Å². The molecule has 174 valence electrons. The number of aliphatic imine (C=N–C) groups is 1. The van der Waals surface area contributed by atoms with E-state index in [1.807, 2.05) is 39.0 Å². The highest BCUT2D eigenvalue weighted by atomic mass is 127. The van der Waals surface area contributed by atoms with Gasteiger partial charge in [0.25, 0.3) is 0 Å². The second kappa shape index (κ2) is 16.6. The summed E-state index contributed by atoms with van der Waals surface area (Å²) in [5, 5.41) is 6.43. The molecule has 0 atom stereocenters. The smallest absolute Gasteiger partial charge is 0.211 e. The van der Waals surface area contributed by atoms with Gasteiger partial charge in [-0.1, -0.05) is 12.1 Å². The van der Waals surface area contributed by atoms with E-state index in [9.17, 15) is 8.42 Å². The second-order valence-electron chi connectivity index (χ2n) is 6.43. The maximum absolute atomic E-state index is 11.4. The van der Waals surface area contributed by atoms with Crippen LogP contribution >= 0.6 is 24.0 Å². The molecule has 1 rings (SSSR count). The van der Waals surface area contributed by atoms with Crippen molar-refractivity contribution in [3.63, 3.8) is 0 Å². The predicted octanol–water partition coefficient (Wildman–Crippen LogP) is 2.41. The first-order valence-electron chi connectivity index (χ1n) is 10.2. The lowest BCUT2D eigenvalue weighted by Gasteiger charge is -2.14. The Hall–Kier alpha value is -1.11. The molecular weight excluding hydrogens is 519 g/mol. The number of rotatable bonds is 14. The fourth-order valence-corrected chi connectivity index (χ4v) is 3.07. The predicted molar refractivity (Wildman–Crippen MR) is 133 cm³/mol. The lowest BCUT2D eigenvalue weighted by molar-refractivity contribution is 0.110. The second-order valence-corrected chi connectivity index (χ2v) is 8.53. The van der Waals surface area contributed by atoms with Gasteiger partial charge in [-0.25, -0.2) is 18.1 Å². The van der Waals surface area contributed by atoms with Crippen molar-refractivity contribution in [3.8, 4) is 5.75 Å². The highest BCUT2D eigenvalue weighted by Crippen LogP contribution is 2.21. The average molecular weight is 557 g/mol. The molecule has 0 radical (unpaired) electrons. The van der Waals surface area contributed by atoms with Gasteiger partial charge in [-0.3, -0.25) is 0 Å². The van der Waals surface area contributed by atoms with E-state index in [4.69, 9.17) is 9.47 Å². The average Bonchev–Trinajstić information content (AvgIpc) is 2.70. The van der Waals surface area contributed by atoms with Gasteiger partial charge < -0.3 is 20.1 Å². The molecule has 0 aromatic heterocycles. The Balaban J connectivity index is 0.00000841. The molecule has 1 aromatic rings. The fourth-order valence-electron chi connectivity index (χ4n) is 2.41. The van der Waals surface area contributed by atoms with Crippen LogP contribution in [0.5, 0.6) is 5.75 Å². The summed E-state index contributed by atoms with van der Waals surface area (Å²) < 4.78 is 36.6. The minimum Gasteiger partial charge on any atom is -0.491 e. The maximum atomic E-state index is 11.4. The highest BCUT2D eigenvalue weighted by Gasteiger charge is 2.06. The first kappa shape index (κ1) is 28.9. The van der Waals surface area contributed by atoms with E-state index in [0.717, 1.165) is 23.4 Å². The maximum Gasteiger partial charge on any atom is 0.211 e. The summed E-state index contributed by atoms with van der Waals surface area (Å²) in [7, 11) is -3.14. The van der Waals surface area contributed by atoms with Crippen molar-refractivity contribution in [1.29, 1.82) is 0 Å². The number of nitrogens with one attached hydrogen (secondary N) is 3. The number of halogens is 1. The minimum atomic E-state index is -3.14. The first-order valence-corrected chi connectivity index (χ1v) is 11.9. The molecule has 30 heavy (non-hydrogen) atoms. The number of ether oxygens (including phenoxy) is 2. The molecule has 0 spiro atoms. The Kier molecular flexibility index (Phi) is 16.0. The van der Waals surface area contributed by atoms with Crippen molar-refractivity contribution in [3.05, 3.63) is 29.3 Å². The topological polar surface area (TPSA) is 101 Å². The van der Waals surface area contributed by atoms with Crippen LogP contribution in [0.1, 0.15) is 38.3 Å². The summed E-state index contributed by atoms with van der Waals surface area (Å²) in [4.78, 5) is 4.63. The molecule has 3 N–H and O–H groups in total. The summed E-state index contributed by atoms with van der Waals surface area (Å²) in [6.45, 7) is 11.6. The Morgan fingerprint density at radius 1 is 1.10 bits per heavy atom. The third-order valence-electron chi connectivity index (χ3n) is 4.01. The van der Waals surface area contributed by atoms with E-state index in [1.165, 1.54) is 0 Å². The van der Waals surface area contributed by atoms with Crippen molar-refractivity contribution in [2.75, 3.05) is 45.2 Å². The molecule has 0 amide bonds. The number of sulfonamides is 1. The third kappa shape index (κ3) is 12.6. The summed E-state index contributed by atoms with van der Waals surface area (Å²) >= 11 is 0. The number of hydrogen-bond donors (Lipinski definition) is 3. The van der Waals surface area contributed by atoms with Crippen LogP contribution in [0.25, 0.3) is 0 Å². The lowest BCUT2D eigenvalue weighted by Crippen LogP contribution is -2.38. The van der Waals surface area contributed by atoms with Gasteiger partial charge in [0, 0.05) is 31.8 Å². The van der Waals surface area contributed by atoms with Crippen LogP contribution in [0.2, 0.25) is 0 Å². The molecule has 0 saturated carbocycles. The monoisotopic (exact) mass is 556 g/mol. The standard InChI is InChI=1S/C20H36N4O4S.HI/c1-5-21-20(22-11-8-12-24-29(25,26)7-3)23-16-18-10-9-17(4)15-19(18)28-14-13-27-6-2;/h9-10,15,24H,5-8,11-14,16H2,1-4H3,(H2,21,22,23);1H. The molecule has 8 nitrogen and oxygen atoms in total. The molecular formula is C20H37IN4O4S. The number of benzene rings is 1. The number of aryl methyl sites for hydroxylation is 1. The first-order chi connectivity index (χ1) is 13.9. The highest BCUT2D eigenvalue weighted by molar-refractivity contribution is 14.0. The summed E-state index contributed by atoms with van der Waals surface area (Å²) in [5.74, 6) is 1.60. The van der Waals surface area contributed by atoms with Gasteiger partial charge in [0.1, 0.15) is 12.4 Å². The number of hydrogen-bond acceptors (Lipinski definition) is 5. The molecule has 0 aliphatic rings. The molecule has 0 bridgehead atoms. The van der Waals surface area contributed by atoms with Gasteiger partial charge in [-0.15, -0.1) is 24.0 Å². The Morgan fingerprint density at radius 2 is 1.87 bits per heavy atom. The van der Waals surface area contributed by atoms with Crippen LogP contribution in [0, 0.1) is 6.92 Å². The molecule has 0 aliphatic heterocycles. The Morgan fingerprint density at radius 3 is 2.53 bits per heavy atom. The fraction of sp³-hybridized carbons (Fsp3) is 0.650. The van der Waals surface area contributed by atoms with Crippen LogP contribution in [0.15, 0.2) is 23.2 Å². The van der Waals surface area contributed by atoms with Crippen LogP contribution in [-0.4, -0.2) is 59.6 Å². The molecule has 0 aliphatic carbocycles. The normalized spacial score (nSPS) is 11.7. The molecule has 0 saturated heterocycles. The summed E-state index contributed by atoms with van der Waals surface area (Å²) in [6, 6.07) is 6.08. The van der Waals surface area contributed by atoms with Gasteiger partial charge in [-0.2, -0.15) is 0 Å². The van der Waals surface area contributed by atoms with Crippen molar-refractivity contribution in [2.45, 2.75) is 40.7 Å². The van der Waals surface area contributed by atoms with Crippen molar-refractivity contribution < 1.29 is 17.9 Å². The summed E-state index contributed by atoms with van der Waals surface area (Å²) in [5.41, 5.74) is 2.13. The third-order valence-corrected chi connectivity index (χ3v) is 5.42. The number of guanidine groups is 1. The van der Waals surface area contributed by atoms with Gasteiger partial charge in [0.15, 0.2) is 5.96 Å². The molecule has 0 fully saturated rings. The van der Waals surface area contributed by atoms with Crippen molar-refractivity contribution >= 4 is 40.0 Å². The van der Waals surface area contributed by atoms with Crippen LogP contribution in [-0.2, 0) is 21.3 Å². The van der Waals surface area contributed by atoms with E-state index < -0.39 is 10.0 Å². The van der Waals surface area contributed by atoms with E-state index in [0.29, 0.717) is 51.8 Å². The Bertz CT molecular complexity index is 730. The van der Waals surface area contributed by atoms with Gasteiger partial charge >= 0.3 is 0 Å². The zero-order valence-corrected chi connectivity index (χ0v) is 21.6. The molecule has 1 aromatic carbocycles.